The van der Waals surface area contributed by atoms with E-state index in [1.54, 1.807) is 6.92 Å². The van der Waals surface area contributed by atoms with Crippen molar-refractivity contribution in [2.75, 3.05) is 45.9 Å². The normalized spacial score (nSPS) is 25.6. The molecular formula is C18H32N4O5S. The van der Waals surface area contributed by atoms with Gasteiger partial charge in [-0.1, -0.05) is 12.8 Å². The van der Waals surface area contributed by atoms with Gasteiger partial charge in [-0.25, -0.2) is 4.79 Å². The van der Waals surface area contributed by atoms with Gasteiger partial charge < -0.3 is 15.0 Å². The van der Waals surface area contributed by atoms with Crippen LogP contribution in [0.1, 0.15) is 45.4 Å². The zero-order valence-corrected chi connectivity index (χ0v) is 17.5. The van der Waals surface area contributed by atoms with Crippen LogP contribution in [0.2, 0.25) is 0 Å². The molecule has 9 nitrogen and oxygen atoms in total. The maximum Gasteiger partial charge on any atom is 0.409 e. The molecule has 1 N–H and O–H groups in total. The number of amides is 2. The first-order valence-corrected chi connectivity index (χ1v) is 11.8. The molecule has 28 heavy (non-hydrogen) atoms. The van der Waals surface area contributed by atoms with Crippen LogP contribution >= 0.6 is 0 Å². The van der Waals surface area contributed by atoms with Crippen molar-refractivity contribution in [1.29, 1.82) is 0 Å². The van der Waals surface area contributed by atoms with E-state index in [0.29, 0.717) is 32.7 Å². The quantitative estimate of drug-likeness (QED) is 0.714. The van der Waals surface area contributed by atoms with Crippen LogP contribution < -0.4 is 5.32 Å². The van der Waals surface area contributed by atoms with Crippen molar-refractivity contribution in [3.05, 3.63) is 0 Å². The number of nitrogens with zero attached hydrogens (tertiary/aromatic N) is 3. The summed E-state index contributed by atoms with van der Waals surface area (Å²) in [6, 6.07) is 0.246. The number of carbonyl (C=O) groups is 2. The Hall–Kier alpha value is -1.39. The number of rotatable bonds is 5. The summed E-state index contributed by atoms with van der Waals surface area (Å²) in [5.74, 6) is -0.302. The summed E-state index contributed by atoms with van der Waals surface area (Å²) in [6.45, 7) is 3.85. The zero-order chi connectivity index (χ0) is 20.1. The van der Waals surface area contributed by atoms with Gasteiger partial charge in [-0.05, 0) is 32.6 Å². The number of nitrogens with one attached hydrogen (secondary N) is 1. The van der Waals surface area contributed by atoms with Crippen LogP contribution in [0.3, 0.4) is 0 Å². The van der Waals surface area contributed by atoms with Crippen molar-refractivity contribution in [2.24, 2.45) is 5.92 Å². The molecule has 0 spiro atoms. The minimum atomic E-state index is -3.63. The standard InChI is InChI=1S/C18H32N4O5S/c1-2-27-18(24)20-10-12-21(13-11-20)28(25,26)22-9-5-6-15(14-22)17(23)19-16-7-3-4-8-16/h15-16H,2-14H2,1H3,(H,19,23)/t15-/m0/s1. The van der Waals surface area contributed by atoms with E-state index < -0.39 is 16.3 Å². The van der Waals surface area contributed by atoms with E-state index in [1.165, 1.54) is 13.5 Å². The average molecular weight is 417 g/mol. The summed E-state index contributed by atoms with van der Waals surface area (Å²) in [6.07, 6.45) is 5.34. The Morgan fingerprint density at radius 1 is 0.964 bits per heavy atom. The van der Waals surface area contributed by atoms with Gasteiger partial charge in [-0.3, -0.25) is 4.79 Å². The lowest BCUT2D eigenvalue weighted by Crippen LogP contribution is -2.56. The number of piperazine rings is 1. The first-order valence-electron chi connectivity index (χ1n) is 10.4. The molecule has 1 atom stereocenters. The minimum absolute atomic E-state index is 0.0149. The highest BCUT2D eigenvalue weighted by molar-refractivity contribution is 7.86. The lowest BCUT2D eigenvalue weighted by atomic mass is 9.98. The molecule has 3 rings (SSSR count). The van der Waals surface area contributed by atoms with Gasteiger partial charge in [-0.2, -0.15) is 17.0 Å². The van der Waals surface area contributed by atoms with Crippen LogP contribution in [0.4, 0.5) is 4.79 Å². The van der Waals surface area contributed by atoms with E-state index >= 15 is 0 Å². The van der Waals surface area contributed by atoms with Crippen molar-refractivity contribution < 1.29 is 22.7 Å². The Morgan fingerprint density at radius 2 is 1.64 bits per heavy atom. The van der Waals surface area contributed by atoms with Gasteiger partial charge in [0.2, 0.25) is 5.91 Å². The van der Waals surface area contributed by atoms with Crippen molar-refractivity contribution in [2.45, 2.75) is 51.5 Å². The predicted molar refractivity (Wildman–Crippen MR) is 104 cm³/mol. The van der Waals surface area contributed by atoms with E-state index in [2.05, 4.69) is 5.32 Å². The molecule has 0 aromatic rings. The van der Waals surface area contributed by atoms with Crippen LogP contribution in [0.15, 0.2) is 0 Å². The predicted octanol–water partition coefficient (Wildman–Crippen LogP) is 0.776. The lowest BCUT2D eigenvalue weighted by Gasteiger charge is -2.38. The molecule has 2 heterocycles. The number of hydrogen-bond donors (Lipinski definition) is 1. The summed E-state index contributed by atoms with van der Waals surface area (Å²) in [7, 11) is -3.63. The second-order valence-electron chi connectivity index (χ2n) is 7.78. The molecule has 0 unspecified atom stereocenters. The molecule has 0 radical (unpaired) electrons. The van der Waals surface area contributed by atoms with Gasteiger partial charge in [-0.15, -0.1) is 0 Å². The lowest BCUT2D eigenvalue weighted by molar-refractivity contribution is -0.126. The summed E-state index contributed by atoms with van der Waals surface area (Å²) >= 11 is 0. The summed E-state index contributed by atoms with van der Waals surface area (Å²) in [4.78, 5) is 25.9. The van der Waals surface area contributed by atoms with Crippen molar-refractivity contribution in [1.82, 2.24) is 18.8 Å². The topological polar surface area (TPSA) is 99.3 Å². The number of ether oxygens (including phenoxy) is 1. The van der Waals surface area contributed by atoms with Crippen LogP contribution in [0.25, 0.3) is 0 Å². The SMILES string of the molecule is CCOC(=O)N1CCN(S(=O)(=O)N2CCC[C@H](C(=O)NC3CCCC3)C2)CC1. The van der Waals surface area contributed by atoms with Crippen molar-refractivity contribution in [3.8, 4) is 0 Å². The van der Waals surface area contributed by atoms with Crippen LogP contribution in [-0.2, 0) is 19.7 Å². The van der Waals surface area contributed by atoms with Crippen LogP contribution in [0, 0.1) is 5.92 Å². The second kappa shape index (κ2) is 9.41. The fraction of sp³-hybridized carbons (Fsp3) is 0.889. The molecule has 10 heteroatoms. The Balaban J connectivity index is 1.54. The Bertz CT molecular complexity index is 657. The average Bonchev–Trinajstić information content (AvgIpc) is 3.21. The largest absolute Gasteiger partial charge is 0.450 e. The van der Waals surface area contributed by atoms with Crippen molar-refractivity contribution >= 4 is 22.2 Å². The summed E-state index contributed by atoms with van der Waals surface area (Å²) in [5.41, 5.74) is 0. The fourth-order valence-electron chi connectivity index (χ4n) is 4.23. The number of hydrogen-bond acceptors (Lipinski definition) is 5. The van der Waals surface area contributed by atoms with E-state index in [-0.39, 0.29) is 37.5 Å². The molecule has 1 aliphatic carbocycles. The zero-order valence-electron chi connectivity index (χ0n) is 16.6. The highest BCUT2D eigenvalue weighted by atomic mass is 32.2. The molecule has 2 amide bonds. The van der Waals surface area contributed by atoms with E-state index in [1.807, 2.05) is 0 Å². The van der Waals surface area contributed by atoms with E-state index in [4.69, 9.17) is 4.74 Å². The van der Waals surface area contributed by atoms with Gasteiger partial charge in [0.1, 0.15) is 0 Å². The first-order chi connectivity index (χ1) is 13.4. The molecule has 2 saturated heterocycles. The van der Waals surface area contributed by atoms with Crippen LogP contribution in [0.5, 0.6) is 0 Å². The number of carbonyl (C=O) groups excluding carboxylic acids is 2. The van der Waals surface area contributed by atoms with Crippen LogP contribution in [-0.4, -0.2) is 85.8 Å². The molecule has 1 saturated carbocycles. The molecular weight excluding hydrogens is 384 g/mol. The smallest absolute Gasteiger partial charge is 0.409 e. The Kier molecular flexibility index (Phi) is 7.16. The summed E-state index contributed by atoms with van der Waals surface area (Å²) in [5, 5.41) is 3.10. The van der Waals surface area contributed by atoms with Gasteiger partial charge in [0, 0.05) is 45.3 Å². The molecule has 3 fully saturated rings. The highest BCUT2D eigenvalue weighted by Crippen LogP contribution is 2.24. The maximum absolute atomic E-state index is 13.0. The molecule has 160 valence electrons. The fourth-order valence-corrected chi connectivity index (χ4v) is 5.91. The van der Waals surface area contributed by atoms with Gasteiger partial charge in [0.05, 0.1) is 12.5 Å². The Morgan fingerprint density at radius 3 is 2.29 bits per heavy atom. The third kappa shape index (κ3) is 4.96. The Labute approximate surface area is 167 Å². The van der Waals surface area contributed by atoms with E-state index in [0.717, 1.165) is 32.1 Å². The molecule has 0 bridgehead atoms. The molecule has 3 aliphatic rings. The third-order valence-electron chi connectivity index (χ3n) is 5.87. The summed E-state index contributed by atoms with van der Waals surface area (Å²) < 4.78 is 33.9. The van der Waals surface area contributed by atoms with Gasteiger partial charge in [0.15, 0.2) is 0 Å². The first kappa shape index (κ1) is 21.3. The van der Waals surface area contributed by atoms with E-state index in [9.17, 15) is 18.0 Å². The molecule has 2 aliphatic heterocycles. The third-order valence-corrected chi connectivity index (χ3v) is 7.88. The molecule has 0 aromatic carbocycles. The minimum Gasteiger partial charge on any atom is -0.450 e. The monoisotopic (exact) mass is 416 g/mol. The highest BCUT2D eigenvalue weighted by Gasteiger charge is 2.38. The number of piperidine rings is 1. The van der Waals surface area contributed by atoms with Gasteiger partial charge >= 0.3 is 6.09 Å². The maximum atomic E-state index is 13.0. The second-order valence-corrected chi connectivity index (χ2v) is 9.71. The van der Waals surface area contributed by atoms with Crippen molar-refractivity contribution in [3.63, 3.8) is 0 Å². The molecule has 0 aromatic heterocycles. The van der Waals surface area contributed by atoms with Gasteiger partial charge in [0.25, 0.3) is 10.2 Å².